The van der Waals surface area contributed by atoms with Crippen molar-refractivity contribution >= 4 is 28.8 Å². The Morgan fingerprint density at radius 1 is 1.00 bits per heavy atom. The molecule has 0 bridgehead atoms. The van der Waals surface area contributed by atoms with Crippen LogP contribution in [0, 0.1) is 36.5 Å². The van der Waals surface area contributed by atoms with Crippen LogP contribution in [-0.2, 0) is 0 Å². The smallest absolute Gasteiger partial charge is 0.274 e. The van der Waals surface area contributed by atoms with Crippen LogP contribution in [0.4, 0.5) is 0 Å². The Balaban J connectivity index is 2.10. The van der Waals surface area contributed by atoms with Gasteiger partial charge in [-0.3, -0.25) is 9.36 Å². The molecule has 1 atom stereocenters. The molecule has 1 aliphatic rings. The minimum absolute atomic E-state index is 0.0884. The van der Waals surface area contributed by atoms with Crippen LogP contribution in [0.1, 0.15) is 28.2 Å². The van der Waals surface area contributed by atoms with Gasteiger partial charge in [-0.1, -0.05) is 48.5 Å². The Bertz CT molecular complexity index is 1470. The number of fused-ring (bicyclic) bond motifs is 1. The second kappa shape index (κ2) is 7.51. The first-order valence-electron chi connectivity index (χ1n) is 9.37. The number of rotatable bonds is 2. The van der Waals surface area contributed by atoms with Crippen LogP contribution in [0.2, 0.25) is 0 Å². The zero-order chi connectivity index (χ0) is 21.4. The SMILES string of the molecule is Cc1ccccc1/C=c1/sc2n(c1=O)C(N)=C(C#N)[C@H](c1ccccc1C)C=2C#N. The highest BCUT2D eigenvalue weighted by molar-refractivity contribution is 7.07. The predicted octanol–water partition coefficient (Wildman–Crippen LogP) is 2.48. The van der Waals surface area contributed by atoms with Crippen LogP contribution in [0.3, 0.4) is 0 Å². The molecule has 4 rings (SSSR count). The molecule has 0 unspecified atom stereocenters. The summed E-state index contributed by atoms with van der Waals surface area (Å²) in [6.45, 7) is 3.91. The summed E-state index contributed by atoms with van der Waals surface area (Å²) in [4.78, 5) is 13.2. The minimum atomic E-state index is -0.592. The van der Waals surface area contributed by atoms with Gasteiger partial charge in [0.1, 0.15) is 10.5 Å². The minimum Gasteiger partial charge on any atom is -0.384 e. The summed E-state index contributed by atoms with van der Waals surface area (Å²) in [5.74, 6) is -0.504. The van der Waals surface area contributed by atoms with Gasteiger partial charge in [0.2, 0.25) is 0 Å². The molecule has 2 heterocycles. The van der Waals surface area contributed by atoms with Crippen molar-refractivity contribution in [2.45, 2.75) is 19.8 Å². The highest BCUT2D eigenvalue weighted by Crippen LogP contribution is 2.36. The number of nitriles is 2. The van der Waals surface area contributed by atoms with E-state index in [2.05, 4.69) is 12.1 Å². The van der Waals surface area contributed by atoms with Gasteiger partial charge in [0.25, 0.3) is 5.56 Å². The van der Waals surface area contributed by atoms with Crippen LogP contribution in [0.15, 0.2) is 58.9 Å². The lowest BCUT2D eigenvalue weighted by atomic mass is 9.82. The molecule has 6 heteroatoms. The summed E-state index contributed by atoms with van der Waals surface area (Å²) in [5.41, 5.74) is 10.3. The summed E-state index contributed by atoms with van der Waals surface area (Å²) in [7, 11) is 0. The van der Waals surface area contributed by atoms with Gasteiger partial charge >= 0.3 is 0 Å². The Morgan fingerprint density at radius 3 is 2.27 bits per heavy atom. The molecule has 0 spiro atoms. The molecule has 0 radical (unpaired) electrons. The van der Waals surface area contributed by atoms with E-state index in [1.54, 1.807) is 0 Å². The van der Waals surface area contributed by atoms with Crippen molar-refractivity contribution in [1.82, 2.24) is 4.57 Å². The lowest BCUT2D eigenvalue weighted by Crippen LogP contribution is -2.38. The number of nitrogens with zero attached hydrogens (tertiary/aromatic N) is 3. The first kappa shape index (κ1) is 19.4. The van der Waals surface area contributed by atoms with Gasteiger partial charge in [-0.15, -0.1) is 11.3 Å². The fourth-order valence-electron chi connectivity index (χ4n) is 3.76. The third kappa shape index (κ3) is 2.95. The molecule has 0 aliphatic carbocycles. The van der Waals surface area contributed by atoms with E-state index < -0.39 is 5.92 Å². The lowest BCUT2D eigenvalue weighted by Gasteiger charge is -2.23. The summed E-state index contributed by atoms with van der Waals surface area (Å²) < 4.78 is 2.26. The second-order valence-corrected chi connectivity index (χ2v) is 8.17. The fourth-order valence-corrected chi connectivity index (χ4v) is 4.88. The van der Waals surface area contributed by atoms with E-state index in [-0.39, 0.29) is 17.0 Å². The van der Waals surface area contributed by atoms with Crippen molar-refractivity contribution in [3.8, 4) is 12.1 Å². The number of allylic oxidation sites excluding steroid dienone is 1. The summed E-state index contributed by atoms with van der Waals surface area (Å²) >= 11 is 1.23. The normalized spacial score (nSPS) is 16.2. The lowest BCUT2D eigenvalue weighted by molar-refractivity contribution is 0.902. The summed E-state index contributed by atoms with van der Waals surface area (Å²) in [6.07, 6.45) is 1.81. The molecular formula is C24H18N4OS. The van der Waals surface area contributed by atoms with E-state index in [9.17, 15) is 15.3 Å². The quantitative estimate of drug-likeness (QED) is 0.702. The van der Waals surface area contributed by atoms with Crippen molar-refractivity contribution in [1.29, 1.82) is 10.5 Å². The average molecular weight is 411 g/mol. The van der Waals surface area contributed by atoms with Crippen molar-refractivity contribution < 1.29 is 0 Å². The number of thiazole rings is 1. The highest BCUT2D eigenvalue weighted by Gasteiger charge is 2.32. The van der Waals surface area contributed by atoms with Crippen molar-refractivity contribution in [3.05, 3.63) is 95.9 Å². The van der Waals surface area contributed by atoms with Gasteiger partial charge in [-0.2, -0.15) is 10.5 Å². The van der Waals surface area contributed by atoms with Crippen LogP contribution < -0.4 is 20.5 Å². The first-order chi connectivity index (χ1) is 14.5. The molecule has 0 amide bonds. The van der Waals surface area contributed by atoms with E-state index in [4.69, 9.17) is 5.73 Å². The van der Waals surface area contributed by atoms with Crippen LogP contribution >= 0.6 is 11.3 Å². The molecule has 1 aromatic heterocycles. The largest absolute Gasteiger partial charge is 0.384 e. The van der Waals surface area contributed by atoms with Crippen LogP contribution in [-0.4, -0.2) is 4.57 Å². The third-order valence-electron chi connectivity index (χ3n) is 5.36. The standard InChI is InChI=1S/C24H18N4OS/c1-14-7-3-5-9-16(14)11-20-23(29)28-22(27)18(12-25)21(19(13-26)24(28)30-20)17-10-6-4-8-15(17)2/h3-11,21H,27H2,1-2H3/b20-11+/t21-/m0/s1. The van der Waals surface area contributed by atoms with Gasteiger partial charge in [-0.25, -0.2) is 0 Å². The van der Waals surface area contributed by atoms with Gasteiger partial charge in [0.05, 0.1) is 33.7 Å². The number of hydrogen-bond donors (Lipinski definition) is 1. The number of aromatic nitrogens is 1. The monoisotopic (exact) mass is 410 g/mol. The average Bonchev–Trinajstić information content (AvgIpc) is 3.06. The van der Waals surface area contributed by atoms with Gasteiger partial charge in [-0.05, 0) is 42.2 Å². The van der Waals surface area contributed by atoms with E-state index >= 15 is 0 Å². The zero-order valence-electron chi connectivity index (χ0n) is 16.5. The van der Waals surface area contributed by atoms with Gasteiger partial charge < -0.3 is 5.73 Å². The Kier molecular flexibility index (Phi) is 4.87. The Labute approximate surface area is 177 Å². The predicted molar refractivity (Wildman–Crippen MR) is 119 cm³/mol. The molecule has 0 saturated heterocycles. The molecule has 2 N–H and O–H groups in total. The molecule has 1 aliphatic heterocycles. The molecule has 30 heavy (non-hydrogen) atoms. The van der Waals surface area contributed by atoms with E-state index in [1.807, 2.05) is 68.5 Å². The van der Waals surface area contributed by atoms with Crippen molar-refractivity contribution in [2.24, 2.45) is 5.73 Å². The fraction of sp³-hybridized carbons (Fsp3) is 0.125. The topological polar surface area (TPSA) is 95.6 Å². The van der Waals surface area contributed by atoms with Gasteiger partial charge in [0.15, 0.2) is 0 Å². The van der Waals surface area contributed by atoms with Crippen molar-refractivity contribution in [2.75, 3.05) is 0 Å². The van der Waals surface area contributed by atoms with E-state index in [0.717, 1.165) is 22.3 Å². The number of aryl methyl sites for hydroxylation is 2. The van der Waals surface area contributed by atoms with E-state index in [1.165, 1.54) is 15.9 Å². The molecule has 3 aromatic rings. The molecular weight excluding hydrogens is 392 g/mol. The van der Waals surface area contributed by atoms with Crippen LogP contribution in [0.25, 0.3) is 17.5 Å². The van der Waals surface area contributed by atoms with Gasteiger partial charge in [0, 0.05) is 0 Å². The summed E-state index contributed by atoms with van der Waals surface area (Å²) in [5, 5.41) is 19.9. The molecule has 0 fully saturated rings. The third-order valence-corrected chi connectivity index (χ3v) is 6.47. The number of nitrogens with two attached hydrogens (primary N) is 1. The number of benzene rings is 2. The summed E-state index contributed by atoms with van der Waals surface area (Å²) in [6, 6.07) is 19.8. The molecule has 0 saturated carbocycles. The molecule has 2 aromatic carbocycles. The molecule has 5 nitrogen and oxygen atoms in total. The number of hydrogen-bond acceptors (Lipinski definition) is 5. The maximum atomic E-state index is 13.2. The molecule has 146 valence electrons. The first-order valence-corrected chi connectivity index (χ1v) is 10.2. The highest BCUT2D eigenvalue weighted by atomic mass is 32.1. The van der Waals surface area contributed by atoms with E-state index in [0.29, 0.717) is 14.8 Å². The van der Waals surface area contributed by atoms with Crippen LogP contribution in [0.5, 0.6) is 0 Å². The Hall–Kier alpha value is -3.87. The Morgan fingerprint density at radius 2 is 1.63 bits per heavy atom. The maximum absolute atomic E-state index is 13.2. The zero-order valence-corrected chi connectivity index (χ0v) is 17.3. The second-order valence-electron chi connectivity index (χ2n) is 7.14. The maximum Gasteiger partial charge on any atom is 0.274 e. The van der Waals surface area contributed by atoms with Crippen molar-refractivity contribution in [3.63, 3.8) is 0 Å².